The average Bonchev–Trinajstić information content (AvgIpc) is 3.30. The van der Waals surface area contributed by atoms with Crippen LogP contribution in [0.3, 0.4) is 0 Å². The molecule has 1 aromatic carbocycles. The topological polar surface area (TPSA) is 26.4 Å². The summed E-state index contributed by atoms with van der Waals surface area (Å²) >= 11 is 0. The lowest BCUT2D eigenvalue weighted by atomic mass is 9.91. The second-order valence-corrected chi connectivity index (χ2v) is 6.10. The van der Waals surface area contributed by atoms with Crippen LogP contribution in [0.2, 0.25) is 0 Å². The molecular formula is C19H17BF2N2O2. The summed E-state index contributed by atoms with van der Waals surface area (Å²) in [4.78, 5) is 0. The normalized spacial score (nSPS) is 16.8. The smallest absolute Gasteiger partial charge is 0.493 e. The number of benzene rings is 1. The molecule has 0 radical (unpaired) electrons. The van der Waals surface area contributed by atoms with Gasteiger partial charge in [-0.25, -0.2) is 0 Å². The molecule has 0 unspecified atom stereocenters. The average molecular weight is 354 g/mol. The molecule has 2 aliphatic rings. The monoisotopic (exact) mass is 354 g/mol. The maximum atomic E-state index is 14.7. The van der Waals surface area contributed by atoms with E-state index in [1.165, 1.54) is 12.4 Å². The molecule has 0 aliphatic carbocycles. The van der Waals surface area contributed by atoms with Crippen molar-refractivity contribution in [2.45, 2.75) is 6.42 Å². The molecule has 0 saturated heterocycles. The predicted molar refractivity (Wildman–Crippen MR) is 97.7 cm³/mol. The van der Waals surface area contributed by atoms with E-state index >= 15 is 0 Å². The zero-order chi connectivity index (χ0) is 18.3. The number of hydrogen-bond acceptors (Lipinski definition) is 2. The van der Waals surface area contributed by atoms with Gasteiger partial charge in [-0.3, -0.25) is 0 Å². The number of halogens is 2. The molecule has 26 heavy (non-hydrogen) atoms. The zero-order valence-electron chi connectivity index (χ0n) is 14.2. The van der Waals surface area contributed by atoms with Gasteiger partial charge < -0.3 is 27.1 Å². The minimum absolute atomic E-state index is 0.332. The Labute approximate surface area is 150 Å². The van der Waals surface area contributed by atoms with Gasteiger partial charge in [0, 0.05) is 12.2 Å². The summed E-state index contributed by atoms with van der Waals surface area (Å²) in [5.74, 6) is 1.37. The maximum absolute atomic E-state index is 14.7. The Kier molecular flexibility index (Phi) is 3.79. The number of rotatable bonds is 5. The molecule has 0 atom stereocenters. The van der Waals surface area contributed by atoms with Crippen molar-refractivity contribution in [2.24, 2.45) is 0 Å². The van der Waals surface area contributed by atoms with Crippen LogP contribution in [-0.2, 0) is 6.42 Å². The first kappa shape index (κ1) is 16.4. The second kappa shape index (κ2) is 6.02. The number of nitrogens with zero attached hydrogens (tertiary/aromatic N) is 2. The van der Waals surface area contributed by atoms with Gasteiger partial charge in [-0.05, 0) is 42.4 Å². The van der Waals surface area contributed by atoms with Gasteiger partial charge in [0.25, 0.3) is 0 Å². The highest BCUT2D eigenvalue weighted by Gasteiger charge is 2.52. The summed E-state index contributed by atoms with van der Waals surface area (Å²) in [6, 6.07) is 8.75. The molecular weight excluding hydrogens is 337 g/mol. The molecule has 1 aromatic heterocycles. The van der Waals surface area contributed by atoms with Crippen LogP contribution < -0.4 is 9.47 Å². The molecule has 4 nitrogen and oxygen atoms in total. The first-order valence-electron chi connectivity index (χ1n) is 8.26. The number of fused-ring (bicyclic) bond motifs is 2. The fourth-order valence-corrected chi connectivity index (χ4v) is 3.28. The van der Waals surface area contributed by atoms with E-state index < -0.39 is 6.97 Å². The number of aromatic nitrogens is 1. The summed E-state index contributed by atoms with van der Waals surface area (Å²) in [5, 5.41) is 0. The van der Waals surface area contributed by atoms with Gasteiger partial charge in [0.05, 0.1) is 12.8 Å². The fourth-order valence-electron chi connectivity index (χ4n) is 3.28. The van der Waals surface area contributed by atoms with Gasteiger partial charge in [-0.1, -0.05) is 12.1 Å². The van der Waals surface area contributed by atoms with E-state index in [9.17, 15) is 8.63 Å². The van der Waals surface area contributed by atoms with E-state index in [-0.39, 0.29) is 0 Å². The number of hydrogen-bond donors (Lipinski definition) is 0. The third-order valence-corrected chi connectivity index (χ3v) is 4.51. The van der Waals surface area contributed by atoms with Crippen molar-refractivity contribution in [3.8, 4) is 11.5 Å². The largest absolute Gasteiger partial charge is 0.737 e. The summed E-state index contributed by atoms with van der Waals surface area (Å²) in [5.41, 5.74) is 1.69. The van der Waals surface area contributed by atoms with Gasteiger partial charge >= 0.3 is 6.97 Å². The lowest BCUT2D eigenvalue weighted by Crippen LogP contribution is -2.49. The molecule has 132 valence electrons. The Balaban J connectivity index is 1.81. The Hall–Kier alpha value is -3.09. The van der Waals surface area contributed by atoms with Crippen molar-refractivity contribution >= 4 is 18.9 Å². The lowest BCUT2D eigenvalue weighted by molar-refractivity contribution is -0.357. The van der Waals surface area contributed by atoms with E-state index in [2.05, 4.69) is 6.58 Å². The summed E-state index contributed by atoms with van der Waals surface area (Å²) < 4.78 is 42.9. The SMILES string of the molecule is C=CCc1ccc(OC2=C3C=CC=[N+]3[B-](F)(F)n3cccc32)c(OC)c1. The molecule has 0 spiro atoms. The third kappa shape index (κ3) is 2.39. The Morgan fingerprint density at radius 2 is 2.12 bits per heavy atom. The molecule has 2 aliphatic heterocycles. The summed E-state index contributed by atoms with van der Waals surface area (Å²) in [7, 11) is 1.55. The van der Waals surface area contributed by atoms with Crippen molar-refractivity contribution < 1.29 is 22.6 Å². The van der Waals surface area contributed by atoms with Gasteiger partial charge in [-0.2, -0.15) is 0 Å². The minimum Gasteiger partial charge on any atom is -0.493 e. The molecule has 0 saturated carbocycles. The Bertz CT molecular complexity index is 989. The molecule has 4 rings (SSSR count). The van der Waals surface area contributed by atoms with Crippen molar-refractivity contribution in [1.29, 1.82) is 0 Å². The predicted octanol–water partition coefficient (Wildman–Crippen LogP) is 3.86. The van der Waals surface area contributed by atoms with Crippen LogP contribution in [0.5, 0.6) is 11.5 Å². The highest BCUT2D eigenvalue weighted by molar-refractivity contribution is 6.57. The zero-order valence-corrected chi connectivity index (χ0v) is 14.2. The third-order valence-electron chi connectivity index (χ3n) is 4.51. The number of ether oxygens (including phenoxy) is 2. The first-order valence-corrected chi connectivity index (χ1v) is 8.26. The molecule has 0 fully saturated rings. The standard InChI is InChI=1S/C19H17BF2N2O2/c1-3-6-14-9-10-17(18(13-14)25-2)26-19-15-7-4-11-23(15)20(21,22)24-12-5-8-16(19)24/h3-5,7-13H,1,6H2,2H3. The Morgan fingerprint density at radius 1 is 1.27 bits per heavy atom. The molecule has 3 heterocycles. The van der Waals surface area contributed by atoms with Crippen LogP contribution in [0.1, 0.15) is 11.3 Å². The molecule has 0 bridgehead atoms. The highest BCUT2D eigenvalue weighted by Crippen LogP contribution is 2.38. The van der Waals surface area contributed by atoms with Crippen LogP contribution >= 0.6 is 0 Å². The van der Waals surface area contributed by atoms with Crippen molar-refractivity contribution in [3.05, 3.63) is 78.3 Å². The van der Waals surface area contributed by atoms with E-state index in [0.29, 0.717) is 35.1 Å². The van der Waals surface area contributed by atoms with Gasteiger partial charge in [0.1, 0.15) is 6.21 Å². The van der Waals surface area contributed by atoms with Crippen LogP contribution in [0.15, 0.2) is 67.0 Å². The van der Waals surface area contributed by atoms with E-state index in [1.54, 1.807) is 43.5 Å². The van der Waals surface area contributed by atoms with Crippen LogP contribution in [0.4, 0.5) is 8.63 Å². The molecule has 0 amide bonds. The lowest BCUT2D eigenvalue weighted by Gasteiger charge is -2.30. The minimum atomic E-state index is -3.93. The molecule has 7 heteroatoms. The van der Waals surface area contributed by atoms with E-state index in [1.807, 2.05) is 12.1 Å². The summed E-state index contributed by atoms with van der Waals surface area (Å²) in [6.07, 6.45) is 8.45. The van der Waals surface area contributed by atoms with Crippen molar-refractivity contribution in [3.63, 3.8) is 0 Å². The molecule has 0 N–H and O–H groups in total. The van der Waals surface area contributed by atoms with E-state index in [4.69, 9.17) is 9.47 Å². The first-order chi connectivity index (χ1) is 12.6. The van der Waals surface area contributed by atoms with Crippen molar-refractivity contribution in [1.82, 2.24) is 4.48 Å². The quantitative estimate of drug-likeness (QED) is 0.602. The van der Waals surface area contributed by atoms with Crippen LogP contribution in [0, 0.1) is 0 Å². The van der Waals surface area contributed by atoms with Gasteiger partial charge in [0.15, 0.2) is 11.5 Å². The fraction of sp³-hybridized carbons (Fsp3) is 0.105. The van der Waals surface area contributed by atoms with Crippen molar-refractivity contribution in [2.75, 3.05) is 7.11 Å². The summed E-state index contributed by atoms with van der Waals surface area (Å²) in [6.45, 7) is -0.204. The van der Waals surface area contributed by atoms with Crippen LogP contribution in [-0.4, -0.2) is 29.3 Å². The van der Waals surface area contributed by atoms with E-state index in [0.717, 1.165) is 14.5 Å². The van der Waals surface area contributed by atoms with Gasteiger partial charge in [-0.15, -0.1) is 6.58 Å². The maximum Gasteiger partial charge on any atom is 0.737 e. The Morgan fingerprint density at radius 3 is 2.88 bits per heavy atom. The second-order valence-electron chi connectivity index (χ2n) is 6.10. The highest BCUT2D eigenvalue weighted by atomic mass is 19.2. The van der Waals surface area contributed by atoms with Crippen LogP contribution in [0.25, 0.3) is 5.76 Å². The number of allylic oxidation sites excluding steroid dienone is 3. The molecule has 2 aromatic rings. The van der Waals surface area contributed by atoms with Gasteiger partial charge in [0.2, 0.25) is 11.5 Å². The number of methoxy groups -OCH3 is 1.